The molecule has 1 aromatic heterocycles. The van der Waals surface area contributed by atoms with Crippen LogP contribution >= 0.6 is 0 Å². The maximum Gasteiger partial charge on any atom is 0.133 e. The molecule has 0 radical (unpaired) electrons. The summed E-state index contributed by atoms with van der Waals surface area (Å²) in [6.45, 7) is 0. The fraction of sp³-hybridized carbons (Fsp3) is 0. The van der Waals surface area contributed by atoms with Crippen molar-refractivity contribution >= 4 is 5.71 Å². The molecule has 0 unspecified atom stereocenters. The molecule has 0 atom stereocenters. The van der Waals surface area contributed by atoms with Gasteiger partial charge in [0.05, 0.1) is 6.20 Å². The zero-order valence-corrected chi connectivity index (χ0v) is 7.38. The summed E-state index contributed by atoms with van der Waals surface area (Å²) in [5.74, 6) is 5.30. The van der Waals surface area contributed by atoms with E-state index >= 15 is 0 Å². The molecule has 0 aliphatic rings. The van der Waals surface area contributed by atoms with Gasteiger partial charge in [-0.1, -0.05) is 30.3 Å². The predicted molar refractivity (Wildman–Crippen MR) is 52.7 cm³/mol. The zero-order chi connectivity index (χ0) is 9.80. The lowest BCUT2D eigenvalue weighted by atomic mass is 10.1. The van der Waals surface area contributed by atoms with Gasteiger partial charge in [-0.2, -0.15) is 20.5 Å². The van der Waals surface area contributed by atoms with E-state index in [2.05, 4.69) is 20.5 Å². The Kier molecular flexibility index (Phi) is 2.22. The highest BCUT2D eigenvalue weighted by Gasteiger charge is 2.08. The van der Waals surface area contributed by atoms with Crippen LogP contribution in [0.5, 0.6) is 0 Å². The number of nitrogens with one attached hydrogen (secondary N) is 1. The van der Waals surface area contributed by atoms with Crippen LogP contribution in [-0.2, 0) is 0 Å². The number of hydrazone groups is 1. The topological polar surface area (TPSA) is 80.0 Å². The molecule has 5 nitrogen and oxygen atoms in total. The van der Waals surface area contributed by atoms with Gasteiger partial charge in [0.2, 0.25) is 0 Å². The molecule has 5 heteroatoms. The van der Waals surface area contributed by atoms with Crippen LogP contribution in [-0.4, -0.2) is 21.1 Å². The molecule has 2 aromatic rings. The average molecular weight is 187 g/mol. The quantitative estimate of drug-likeness (QED) is 0.408. The highest BCUT2D eigenvalue weighted by molar-refractivity contribution is 6.11. The van der Waals surface area contributed by atoms with Crippen LogP contribution in [0.4, 0.5) is 0 Å². The standard InChI is InChI=1S/C9H9N5/c10-12-9(8-6-11-14-13-8)7-4-2-1-3-5-7/h1-6H,10H2,(H,11,13,14)/b12-9-. The summed E-state index contributed by atoms with van der Waals surface area (Å²) < 4.78 is 0. The van der Waals surface area contributed by atoms with Gasteiger partial charge in [0.25, 0.3) is 0 Å². The Morgan fingerprint density at radius 1 is 1.29 bits per heavy atom. The SMILES string of the molecule is N/N=C(/c1ccccc1)c1cn[nH]n1. The lowest BCUT2D eigenvalue weighted by Gasteiger charge is -1.99. The molecule has 0 bridgehead atoms. The first-order chi connectivity index (χ1) is 6.92. The number of benzene rings is 1. The molecule has 0 amide bonds. The van der Waals surface area contributed by atoms with Gasteiger partial charge >= 0.3 is 0 Å². The lowest BCUT2D eigenvalue weighted by molar-refractivity contribution is 0.936. The second-order valence-electron chi connectivity index (χ2n) is 2.70. The van der Waals surface area contributed by atoms with Crippen molar-refractivity contribution in [3.05, 3.63) is 47.8 Å². The van der Waals surface area contributed by atoms with Crippen LogP contribution in [0.2, 0.25) is 0 Å². The van der Waals surface area contributed by atoms with E-state index in [0.29, 0.717) is 11.4 Å². The molecule has 2 rings (SSSR count). The van der Waals surface area contributed by atoms with Crippen molar-refractivity contribution in [1.82, 2.24) is 15.4 Å². The largest absolute Gasteiger partial charge is 0.323 e. The third-order valence-electron chi connectivity index (χ3n) is 1.83. The molecule has 0 aliphatic heterocycles. The summed E-state index contributed by atoms with van der Waals surface area (Å²) in [6, 6.07) is 9.60. The van der Waals surface area contributed by atoms with Crippen molar-refractivity contribution in [2.45, 2.75) is 0 Å². The molecule has 14 heavy (non-hydrogen) atoms. The number of nitrogens with zero attached hydrogens (tertiary/aromatic N) is 3. The smallest absolute Gasteiger partial charge is 0.133 e. The van der Waals surface area contributed by atoms with E-state index in [1.165, 1.54) is 0 Å². The summed E-state index contributed by atoms with van der Waals surface area (Å²) in [6.07, 6.45) is 1.58. The van der Waals surface area contributed by atoms with Crippen molar-refractivity contribution in [2.24, 2.45) is 10.9 Å². The first-order valence-corrected chi connectivity index (χ1v) is 4.11. The summed E-state index contributed by atoms with van der Waals surface area (Å²) in [5.41, 5.74) is 2.18. The van der Waals surface area contributed by atoms with Crippen LogP contribution < -0.4 is 5.84 Å². The Hall–Kier alpha value is -2.17. The first kappa shape index (κ1) is 8.43. The number of hydrogen-bond donors (Lipinski definition) is 2. The van der Waals surface area contributed by atoms with E-state index in [1.807, 2.05) is 30.3 Å². The monoisotopic (exact) mass is 187 g/mol. The van der Waals surface area contributed by atoms with Gasteiger partial charge in [-0.25, -0.2) is 0 Å². The fourth-order valence-corrected chi connectivity index (χ4v) is 1.20. The zero-order valence-electron chi connectivity index (χ0n) is 7.38. The summed E-state index contributed by atoms with van der Waals surface area (Å²) in [7, 11) is 0. The van der Waals surface area contributed by atoms with Crippen molar-refractivity contribution in [3.63, 3.8) is 0 Å². The van der Waals surface area contributed by atoms with Crippen molar-refractivity contribution in [2.75, 3.05) is 0 Å². The van der Waals surface area contributed by atoms with E-state index in [-0.39, 0.29) is 0 Å². The van der Waals surface area contributed by atoms with Crippen molar-refractivity contribution < 1.29 is 0 Å². The van der Waals surface area contributed by atoms with Gasteiger partial charge in [0, 0.05) is 5.56 Å². The number of aromatic nitrogens is 3. The minimum absolute atomic E-state index is 0.624. The highest BCUT2D eigenvalue weighted by Crippen LogP contribution is 2.06. The maximum absolute atomic E-state index is 5.30. The Morgan fingerprint density at radius 2 is 2.07 bits per heavy atom. The first-order valence-electron chi connectivity index (χ1n) is 4.11. The number of nitrogens with two attached hydrogens (primary N) is 1. The van der Waals surface area contributed by atoms with Gasteiger partial charge in [-0.05, 0) is 0 Å². The van der Waals surface area contributed by atoms with Crippen LogP contribution in [0.1, 0.15) is 11.3 Å². The molecule has 70 valence electrons. The summed E-state index contributed by atoms with van der Waals surface area (Å²) >= 11 is 0. The Labute approximate surface area is 80.6 Å². The van der Waals surface area contributed by atoms with Gasteiger partial charge in [-0.15, -0.1) is 0 Å². The van der Waals surface area contributed by atoms with E-state index in [9.17, 15) is 0 Å². The van der Waals surface area contributed by atoms with Crippen molar-refractivity contribution in [3.8, 4) is 0 Å². The Balaban J connectivity index is 2.43. The third-order valence-corrected chi connectivity index (χ3v) is 1.83. The molecule has 1 heterocycles. The molecule has 1 aromatic carbocycles. The van der Waals surface area contributed by atoms with Crippen LogP contribution in [0, 0.1) is 0 Å². The lowest BCUT2D eigenvalue weighted by Crippen LogP contribution is -2.06. The van der Waals surface area contributed by atoms with E-state index in [4.69, 9.17) is 5.84 Å². The molecule has 0 aliphatic carbocycles. The summed E-state index contributed by atoms with van der Waals surface area (Å²) in [5, 5.41) is 13.8. The van der Waals surface area contributed by atoms with Gasteiger partial charge in [0.1, 0.15) is 11.4 Å². The van der Waals surface area contributed by atoms with E-state index in [1.54, 1.807) is 6.20 Å². The number of rotatable bonds is 2. The van der Waals surface area contributed by atoms with Crippen LogP contribution in [0.15, 0.2) is 41.6 Å². The van der Waals surface area contributed by atoms with Gasteiger partial charge in [0.15, 0.2) is 0 Å². The minimum atomic E-state index is 0.624. The number of H-pyrrole nitrogens is 1. The summed E-state index contributed by atoms with van der Waals surface area (Å²) in [4.78, 5) is 0. The van der Waals surface area contributed by atoms with Gasteiger partial charge in [-0.3, -0.25) is 0 Å². The van der Waals surface area contributed by atoms with Crippen LogP contribution in [0.3, 0.4) is 0 Å². The van der Waals surface area contributed by atoms with E-state index in [0.717, 1.165) is 5.56 Å². The number of aromatic amines is 1. The molecule has 3 N–H and O–H groups in total. The molecule has 0 saturated carbocycles. The molecule has 0 fully saturated rings. The average Bonchev–Trinajstić information content (AvgIpc) is 2.74. The van der Waals surface area contributed by atoms with E-state index < -0.39 is 0 Å². The highest BCUT2D eigenvalue weighted by atomic mass is 15.3. The van der Waals surface area contributed by atoms with Gasteiger partial charge < -0.3 is 5.84 Å². The fourth-order valence-electron chi connectivity index (χ4n) is 1.20. The van der Waals surface area contributed by atoms with Crippen molar-refractivity contribution in [1.29, 1.82) is 0 Å². The van der Waals surface area contributed by atoms with Crippen LogP contribution in [0.25, 0.3) is 0 Å². The second kappa shape index (κ2) is 3.69. The Morgan fingerprint density at radius 3 is 2.64 bits per heavy atom. The molecular formula is C9H9N5. The molecular weight excluding hydrogens is 178 g/mol. The second-order valence-corrected chi connectivity index (χ2v) is 2.70. The minimum Gasteiger partial charge on any atom is -0.323 e. The molecule has 0 saturated heterocycles. The predicted octanol–water partition coefficient (Wildman–Crippen LogP) is 0.516. The normalized spacial score (nSPS) is 11.6. The third kappa shape index (κ3) is 1.47. The Bertz CT molecular complexity index is 418. The maximum atomic E-state index is 5.30. The molecule has 0 spiro atoms. The number of hydrogen-bond acceptors (Lipinski definition) is 4.